The van der Waals surface area contributed by atoms with Crippen LogP contribution in [-0.2, 0) is 0 Å². The van der Waals surface area contributed by atoms with Crippen molar-refractivity contribution < 1.29 is 0 Å². The van der Waals surface area contributed by atoms with Crippen molar-refractivity contribution in [1.29, 1.82) is 0 Å². The van der Waals surface area contributed by atoms with E-state index in [1.54, 1.807) is 0 Å². The molecule has 2 heterocycles. The Morgan fingerprint density at radius 1 is 0.543 bits per heavy atom. The molecule has 2 unspecified atom stereocenters. The van der Waals surface area contributed by atoms with Crippen LogP contribution in [0.3, 0.4) is 0 Å². The van der Waals surface area contributed by atoms with Gasteiger partial charge in [-0.05, 0) is 106 Å². The van der Waals surface area contributed by atoms with Gasteiger partial charge < -0.3 is 0 Å². The highest BCUT2D eigenvalue weighted by atomic mass is 32.1. The number of thiazole rings is 2. The first-order valence-electron chi connectivity index (χ1n) is 16.0. The topological polar surface area (TPSA) is 25.8 Å². The molecule has 9 rings (SSSR count). The monoisotopic (exact) mass is 628 g/mol. The molecule has 2 aliphatic carbocycles. The Hall–Kier alpha value is -4.64. The Labute approximate surface area is 276 Å². The van der Waals surface area contributed by atoms with Crippen molar-refractivity contribution in [2.45, 2.75) is 38.5 Å². The van der Waals surface area contributed by atoms with Crippen LogP contribution in [-0.4, -0.2) is 9.97 Å². The van der Waals surface area contributed by atoms with Crippen LogP contribution in [0.25, 0.3) is 53.1 Å². The van der Waals surface area contributed by atoms with Gasteiger partial charge in [0.2, 0.25) is 0 Å². The van der Waals surface area contributed by atoms with Gasteiger partial charge >= 0.3 is 0 Å². The minimum absolute atomic E-state index is 0.309. The number of hydrogen-bond acceptors (Lipinski definition) is 4. The van der Waals surface area contributed by atoms with Crippen LogP contribution in [0.4, 0.5) is 0 Å². The summed E-state index contributed by atoms with van der Waals surface area (Å²) in [5, 5.41) is 7.62. The number of allylic oxidation sites excluding steroid dienone is 8. The van der Waals surface area contributed by atoms with E-state index in [2.05, 4.69) is 135 Å². The average molecular weight is 629 g/mol. The lowest BCUT2D eigenvalue weighted by Crippen LogP contribution is -2.01. The van der Waals surface area contributed by atoms with E-state index in [0.29, 0.717) is 11.8 Å². The molecule has 0 saturated carbocycles. The van der Waals surface area contributed by atoms with Gasteiger partial charge in [-0.1, -0.05) is 97.1 Å². The maximum Gasteiger partial charge on any atom is 0.101 e. The molecule has 2 nitrogen and oxygen atoms in total. The number of aromatic nitrogens is 2. The standard InChI is InChI=1S/C42H32N2S2/c1-25-11-21-35-37(23-25)45-41(43-35)29-17-13-27(14-18-29)39-31-7-3-5-9-33(31)40(34-10-6-4-8-32(34)39)28-15-19-30(20-16-28)42-44-36-22-12-26(2)24-38(36)46-42/h3-17,19,21-24,29-30H,18,20H2,1-2H3. The summed E-state index contributed by atoms with van der Waals surface area (Å²) in [6, 6.07) is 31.0. The zero-order valence-electron chi connectivity index (χ0n) is 25.8. The summed E-state index contributed by atoms with van der Waals surface area (Å²) in [6.45, 7) is 4.30. The molecule has 0 saturated heterocycles. The van der Waals surface area contributed by atoms with Gasteiger partial charge in [0.15, 0.2) is 0 Å². The SMILES string of the molecule is Cc1ccc2nc(C3C=CC(c4c5ccccc5c(C5=CCC(c6nc7ccc(C)cc7s6)C=C5)c5ccccc45)=CC3)sc2c1. The van der Waals surface area contributed by atoms with Gasteiger partial charge in [-0.2, -0.15) is 0 Å². The first-order chi connectivity index (χ1) is 22.6. The fourth-order valence-electron chi connectivity index (χ4n) is 7.14. The van der Waals surface area contributed by atoms with Crippen LogP contribution < -0.4 is 0 Å². The quantitative estimate of drug-likeness (QED) is 0.181. The van der Waals surface area contributed by atoms with Gasteiger partial charge in [0.05, 0.1) is 20.4 Å². The molecule has 2 aliphatic rings. The fourth-order valence-corrected chi connectivity index (χ4v) is 9.46. The molecule has 0 N–H and O–H groups in total. The zero-order chi connectivity index (χ0) is 30.8. The van der Waals surface area contributed by atoms with E-state index in [9.17, 15) is 0 Å². The van der Waals surface area contributed by atoms with Crippen molar-refractivity contribution in [1.82, 2.24) is 9.97 Å². The van der Waals surface area contributed by atoms with E-state index in [1.165, 1.54) is 74.4 Å². The van der Waals surface area contributed by atoms with Crippen molar-refractivity contribution in [3.8, 4) is 0 Å². The average Bonchev–Trinajstić information content (AvgIpc) is 3.71. The Kier molecular flexibility index (Phi) is 6.62. The summed E-state index contributed by atoms with van der Waals surface area (Å²) >= 11 is 3.66. The largest absolute Gasteiger partial charge is 0.241 e. The van der Waals surface area contributed by atoms with E-state index in [-0.39, 0.29) is 0 Å². The molecule has 0 amide bonds. The molecule has 0 fully saturated rings. The molecule has 0 spiro atoms. The highest BCUT2D eigenvalue weighted by Gasteiger charge is 2.23. The van der Waals surface area contributed by atoms with Crippen molar-refractivity contribution >= 4 is 75.8 Å². The number of rotatable bonds is 4. The lowest BCUT2D eigenvalue weighted by molar-refractivity contribution is 0.848. The van der Waals surface area contributed by atoms with Crippen LogP contribution in [0.5, 0.6) is 0 Å². The molecule has 222 valence electrons. The van der Waals surface area contributed by atoms with Gasteiger partial charge in [-0.3, -0.25) is 0 Å². The number of aryl methyl sites for hydroxylation is 2. The summed E-state index contributed by atoms with van der Waals surface area (Å²) in [7, 11) is 0. The fraction of sp³-hybridized carbons (Fsp3) is 0.143. The molecular formula is C42H32N2S2. The van der Waals surface area contributed by atoms with E-state index in [0.717, 1.165) is 23.9 Å². The smallest absolute Gasteiger partial charge is 0.101 e. The maximum atomic E-state index is 5.00. The summed E-state index contributed by atoms with van der Waals surface area (Å²) in [4.78, 5) is 10.00. The van der Waals surface area contributed by atoms with Crippen molar-refractivity contribution in [2.75, 3.05) is 0 Å². The van der Waals surface area contributed by atoms with Crippen LogP contribution in [0.1, 0.15) is 56.9 Å². The van der Waals surface area contributed by atoms with E-state index in [4.69, 9.17) is 9.97 Å². The zero-order valence-corrected chi connectivity index (χ0v) is 27.5. The van der Waals surface area contributed by atoms with E-state index >= 15 is 0 Å². The lowest BCUT2D eigenvalue weighted by atomic mass is 9.82. The third-order valence-electron chi connectivity index (χ3n) is 9.46. The minimum Gasteiger partial charge on any atom is -0.241 e. The van der Waals surface area contributed by atoms with Gasteiger partial charge in [0, 0.05) is 11.8 Å². The van der Waals surface area contributed by atoms with Crippen LogP contribution in [0.15, 0.2) is 121 Å². The third kappa shape index (κ3) is 4.67. The molecule has 0 radical (unpaired) electrons. The van der Waals surface area contributed by atoms with Crippen molar-refractivity contribution in [2.24, 2.45) is 0 Å². The van der Waals surface area contributed by atoms with Crippen molar-refractivity contribution in [3.05, 3.63) is 154 Å². The molecular weight excluding hydrogens is 597 g/mol. The second-order valence-corrected chi connectivity index (χ2v) is 14.7. The molecule has 0 bridgehead atoms. The Bertz CT molecular complexity index is 2240. The first-order valence-corrected chi connectivity index (χ1v) is 17.7. The highest BCUT2D eigenvalue weighted by Crippen LogP contribution is 2.44. The molecule has 4 heteroatoms. The maximum absolute atomic E-state index is 5.00. The minimum atomic E-state index is 0.309. The second-order valence-electron chi connectivity index (χ2n) is 12.6. The predicted molar refractivity (Wildman–Crippen MR) is 199 cm³/mol. The molecule has 46 heavy (non-hydrogen) atoms. The Balaban J connectivity index is 1.09. The van der Waals surface area contributed by atoms with Gasteiger partial charge in [0.1, 0.15) is 10.0 Å². The van der Waals surface area contributed by atoms with Crippen LogP contribution in [0, 0.1) is 13.8 Å². The van der Waals surface area contributed by atoms with Crippen LogP contribution in [0.2, 0.25) is 0 Å². The summed E-state index contributed by atoms with van der Waals surface area (Å²) < 4.78 is 2.55. The molecule has 5 aromatic carbocycles. The van der Waals surface area contributed by atoms with E-state index in [1.807, 2.05) is 22.7 Å². The third-order valence-corrected chi connectivity index (χ3v) is 11.8. The molecule has 2 aromatic heterocycles. The highest BCUT2D eigenvalue weighted by molar-refractivity contribution is 7.19. The van der Waals surface area contributed by atoms with Gasteiger partial charge in [-0.15, -0.1) is 22.7 Å². The van der Waals surface area contributed by atoms with Crippen molar-refractivity contribution in [3.63, 3.8) is 0 Å². The number of hydrogen-bond donors (Lipinski definition) is 0. The van der Waals surface area contributed by atoms with Gasteiger partial charge in [-0.25, -0.2) is 9.97 Å². The summed E-state index contributed by atoms with van der Waals surface area (Å²) in [5.74, 6) is 0.617. The normalized spacial score (nSPS) is 18.1. The summed E-state index contributed by atoms with van der Waals surface area (Å²) in [6.07, 6.45) is 16.2. The molecule has 7 aromatic rings. The van der Waals surface area contributed by atoms with E-state index < -0.39 is 0 Å². The molecule has 2 atom stereocenters. The predicted octanol–water partition coefficient (Wildman–Crippen LogP) is 12.1. The second kappa shape index (κ2) is 11.0. The van der Waals surface area contributed by atoms with Crippen LogP contribution >= 0.6 is 22.7 Å². The molecule has 0 aliphatic heterocycles. The summed E-state index contributed by atoms with van der Waals surface area (Å²) in [5.41, 5.74) is 10.0. The number of nitrogens with zero attached hydrogens (tertiary/aromatic N) is 2. The number of benzene rings is 5. The number of fused-ring (bicyclic) bond motifs is 4. The lowest BCUT2D eigenvalue weighted by Gasteiger charge is -2.22. The Morgan fingerprint density at radius 2 is 0.957 bits per heavy atom. The Morgan fingerprint density at radius 3 is 1.33 bits per heavy atom. The first kappa shape index (κ1) is 27.7. The van der Waals surface area contributed by atoms with Gasteiger partial charge in [0.25, 0.3) is 0 Å².